The number of carboxylic acid groups (broad SMARTS) is 2. The molecule has 13 heavy (non-hydrogen) atoms. The molecule has 0 aliphatic heterocycles. The van der Waals surface area contributed by atoms with E-state index in [2.05, 4.69) is 15.2 Å². The van der Waals surface area contributed by atoms with Crippen LogP contribution in [0.15, 0.2) is 18.3 Å². The van der Waals surface area contributed by atoms with E-state index in [1.54, 1.807) is 0 Å². The summed E-state index contributed by atoms with van der Waals surface area (Å²) in [5, 5.41) is 16.2. The van der Waals surface area contributed by atoms with Crippen molar-refractivity contribution in [3.8, 4) is 0 Å². The van der Waals surface area contributed by atoms with Crippen LogP contribution in [0.5, 0.6) is 0 Å². The van der Waals surface area contributed by atoms with E-state index in [9.17, 15) is 9.59 Å². The molecule has 0 aromatic rings. The van der Waals surface area contributed by atoms with Crippen molar-refractivity contribution in [3.63, 3.8) is 0 Å². The molecule has 0 aliphatic rings. The van der Waals surface area contributed by atoms with Crippen molar-refractivity contribution in [2.45, 2.75) is 0 Å². The summed E-state index contributed by atoms with van der Waals surface area (Å²) in [5.41, 5.74) is 2.28. The molecule has 0 aliphatic carbocycles. The van der Waals surface area contributed by atoms with E-state index >= 15 is 0 Å². The van der Waals surface area contributed by atoms with Gasteiger partial charge in [-0.25, -0.2) is 9.59 Å². The third-order valence-corrected chi connectivity index (χ3v) is 0.716. The minimum absolute atomic E-state index is 0.472. The normalized spacial score (nSPS) is 8.00. The molecule has 0 amide bonds. The quantitative estimate of drug-likeness (QED) is 0.443. The molecular weight excluding hydrogens is 180 g/mol. The number of hydrogen-bond donors (Lipinski definition) is 2. The van der Waals surface area contributed by atoms with E-state index in [-0.39, 0.29) is 0 Å². The van der Waals surface area contributed by atoms with Crippen molar-refractivity contribution in [1.29, 1.82) is 0 Å². The predicted molar refractivity (Wildman–Crippen MR) is 39.8 cm³/mol. The molecule has 0 fully saturated rings. The maximum Gasteiger partial charge on any atom is 0.341 e. The Balaban J connectivity index is 3.48. The first-order valence-electron chi connectivity index (χ1n) is 3.19. The molecule has 0 radical (unpaired) electrons. The van der Waals surface area contributed by atoms with Crippen LogP contribution in [0.25, 0.3) is 0 Å². The Hall–Kier alpha value is -1.94. The van der Waals surface area contributed by atoms with Gasteiger partial charge in [-0.1, -0.05) is 0 Å². The first-order chi connectivity index (χ1) is 6.13. The Bertz CT molecular complexity index is 215. The zero-order chi connectivity index (χ0) is 10.1. The molecule has 6 nitrogen and oxygen atoms in total. The lowest BCUT2D eigenvalue weighted by Crippen LogP contribution is -2.03. The van der Waals surface area contributed by atoms with Crippen LogP contribution in [0, 0.1) is 0 Å². The maximum atomic E-state index is 9.89. The van der Waals surface area contributed by atoms with Crippen molar-refractivity contribution in [3.05, 3.63) is 18.3 Å². The SMILES string of the molecule is O=C(O)COC=C=COCC(=O)O. The van der Waals surface area contributed by atoms with Gasteiger partial charge in [-0.2, -0.15) is 0 Å². The smallest absolute Gasteiger partial charge is 0.341 e. The number of carboxylic acids is 2. The van der Waals surface area contributed by atoms with Crippen LogP contribution in [0.2, 0.25) is 0 Å². The van der Waals surface area contributed by atoms with Crippen molar-refractivity contribution >= 4 is 11.9 Å². The second kappa shape index (κ2) is 6.75. The van der Waals surface area contributed by atoms with Gasteiger partial charge < -0.3 is 19.7 Å². The van der Waals surface area contributed by atoms with Gasteiger partial charge in [0.1, 0.15) is 12.5 Å². The van der Waals surface area contributed by atoms with Gasteiger partial charge in [0, 0.05) is 0 Å². The van der Waals surface area contributed by atoms with Crippen LogP contribution in [0.4, 0.5) is 0 Å². The van der Waals surface area contributed by atoms with E-state index in [0.29, 0.717) is 0 Å². The maximum absolute atomic E-state index is 9.89. The highest BCUT2D eigenvalue weighted by atomic mass is 16.5. The van der Waals surface area contributed by atoms with Gasteiger partial charge in [0.2, 0.25) is 0 Å². The molecule has 0 spiro atoms. The standard InChI is InChI=1S/C7H8O6/c8-6(9)4-12-2-1-3-13-5-7(10)11/h2-3H,4-5H2,(H,8,9)(H,10,11). The van der Waals surface area contributed by atoms with Gasteiger partial charge in [-0.05, 0) is 5.73 Å². The lowest BCUT2D eigenvalue weighted by atomic mass is 10.7. The largest absolute Gasteiger partial charge is 0.481 e. The van der Waals surface area contributed by atoms with E-state index in [1.165, 1.54) is 0 Å². The average molecular weight is 188 g/mol. The average Bonchev–Trinajstić information content (AvgIpc) is 2.01. The van der Waals surface area contributed by atoms with Crippen molar-refractivity contribution in [2.75, 3.05) is 13.2 Å². The van der Waals surface area contributed by atoms with E-state index in [0.717, 1.165) is 12.5 Å². The number of ether oxygens (including phenoxy) is 2. The van der Waals surface area contributed by atoms with Crippen LogP contribution in [-0.4, -0.2) is 35.4 Å². The Kier molecular flexibility index (Phi) is 5.74. The van der Waals surface area contributed by atoms with Gasteiger partial charge in [-0.15, -0.1) is 0 Å². The lowest BCUT2D eigenvalue weighted by molar-refractivity contribution is -0.141. The Morgan fingerprint density at radius 3 is 1.77 bits per heavy atom. The molecule has 0 unspecified atom stereocenters. The van der Waals surface area contributed by atoms with E-state index in [1.807, 2.05) is 0 Å². The third kappa shape index (κ3) is 10.1. The minimum atomic E-state index is -1.11. The summed E-state index contributed by atoms with van der Waals surface area (Å²) in [4.78, 5) is 19.8. The fraction of sp³-hybridized carbons (Fsp3) is 0.286. The highest BCUT2D eigenvalue weighted by molar-refractivity contribution is 5.68. The first-order valence-corrected chi connectivity index (χ1v) is 3.19. The van der Waals surface area contributed by atoms with Crippen molar-refractivity contribution < 1.29 is 29.3 Å². The minimum Gasteiger partial charge on any atom is -0.481 e. The monoisotopic (exact) mass is 188 g/mol. The number of rotatable bonds is 6. The summed E-state index contributed by atoms with van der Waals surface area (Å²) < 4.78 is 8.82. The molecule has 0 aromatic heterocycles. The molecule has 6 heteroatoms. The fourth-order valence-electron chi connectivity index (χ4n) is 0.350. The lowest BCUT2D eigenvalue weighted by Gasteiger charge is -1.91. The predicted octanol–water partition coefficient (Wildman–Crippen LogP) is -0.185. The Morgan fingerprint density at radius 2 is 1.46 bits per heavy atom. The third-order valence-electron chi connectivity index (χ3n) is 0.716. The molecule has 0 atom stereocenters. The topological polar surface area (TPSA) is 93.1 Å². The van der Waals surface area contributed by atoms with E-state index < -0.39 is 25.2 Å². The molecule has 0 saturated heterocycles. The zero-order valence-electron chi connectivity index (χ0n) is 6.60. The molecule has 2 N–H and O–H groups in total. The summed E-state index contributed by atoms with van der Waals surface area (Å²) in [6.07, 6.45) is 1.94. The molecule has 0 saturated carbocycles. The van der Waals surface area contributed by atoms with Gasteiger partial charge >= 0.3 is 11.9 Å². The summed E-state index contributed by atoms with van der Waals surface area (Å²) in [6, 6.07) is 0. The van der Waals surface area contributed by atoms with Crippen LogP contribution >= 0.6 is 0 Å². The number of aliphatic carboxylic acids is 2. The second-order valence-electron chi connectivity index (χ2n) is 1.81. The van der Waals surface area contributed by atoms with Gasteiger partial charge in [0.25, 0.3) is 0 Å². The highest BCUT2D eigenvalue weighted by Gasteiger charge is 1.91. The van der Waals surface area contributed by atoms with Crippen molar-refractivity contribution in [1.82, 2.24) is 0 Å². The van der Waals surface area contributed by atoms with Gasteiger partial charge in [-0.3, -0.25) is 0 Å². The molecule has 0 heterocycles. The summed E-state index contributed by atoms with van der Waals surface area (Å²) in [6.45, 7) is -0.945. The van der Waals surface area contributed by atoms with Gasteiger partial charge in [0.15, 0.2) is 13.2 Å². The summed E-state index contributed by atoms with van der Waals surface area (Å²) in [5.74, 6) is -2.21. The number of carbonyl (C=O) groups is 2. The van der Waals surface area contributed by atoms with Crippen LogP contribution < -0.4 is 0 Å². The second-order valence-corrected chi connectivity index (χ2v) is 1.81. The molecule has 0 rings (SSSR count). The van der Waals surface area contributed by atoms with E-state index in [4.69, 9.17) is 10.2 Å². The molecular formula is C7H8O6. The van der Waals surface area contributed by atoms with Crippen molar-refractivity contribution in [2.24, 2.45) is 0 Å². The Labute approximate surface area is 73.7 Å². The summed E-state index contributed by atoms with van der Waals surface area (Å²) in [7, 11) is 0. The van der Waals surface area contributed by atoms with Crippen LogP contribution in [0.1, 0.15) is 0 Å². The molecule has 0 bridgehead atoms. The van der Waals surface area contributed by atoms with Crippen LogP contribution in [0.3, 0.4) is 0 Å². The fourth-order valence-corrected chi connectivity index (χ4v) is 0.350. The molecule has 0 aromatic carbocycles. The first kappa shape index (κ1) is 11.1. The highest BCUT2D eigenvalue weighted by Crippen LogP contribution is 1.78. The number of hydrogen-bond acceptors (Lipinski definition) is 4. The summed E-state index contributed by atoms with van der Waals surface area (Å²) >= 11 is 0. The van der Waals surface area contributed by atoms with Crippen LogP contribution in [-0.2, 0) is 19.1 Å². The Morgan fingerprint density at radius 1 is 1.08 bits per heavy atom. The zero-order valence-corrected chi connectivity index (χ0v) is 6.60. The molecule has 72 valence electrons. The van der Waals surface area contributed by atoms with Gasteiger partial charge in [0.05, 0.1) is 0 Å².